The van der Waals surface area contributed by atoms with Gasteiger partial charge in [0.1, 0.15) is 0 Å². The Morgan fingerprint density at radius 1 is 1.47 bits per heavy atom. The van der Waals surface area contributed by atoms with Gasteiger partial charge in [0.05, 0.1) is 0 Å². The Bertz CT molecular complexity index is 359. The van der Waals surface area contributed by atoms with Gasteiger partial charge < -0.3 is 11.1 Å². The first kappa shape index (κ1) is 10.8. The number of nitrogens with one attached hydrogen (secondary N) is 1. The Morgan fingerprint density at radius 3 is 2.73 bits per heavy atom. The molecule has 1 aromatic rings. The molecule has 82 valence electrons. The van der Waals surface area contributed by atoms with Gasteiger partial charge in [0.2, 0.25) is 0 Å². The molecule has 3 heteroatoms. The van der Waals surface area contributed by atoms with Crippen molar-refractivity contribution in [3.05, 3.63) is 23.8 Å². The second-order valence-corrected chi connectivity index (χ2v) is 5.12. The number of likely N-dealkylation sites (N-methyl/N-ethyl adjacent to an activating group) is 1. The highest BCUT2D eigenvalue weighted by Gasteiger charge is 2.43. The molecule has 0 atom stereocenters. The fourth-order valence-corrected chi connectivity index (χ4v) is 2.65. The van der Waals surface area contributed by atoms with Gasteiger partial charge in [-0.2, -0.15) is 0 Å². The summed E-state index contributed by atoms with van der Waals surface area (Å²) in [4.78, 5) is 1.20. The predicted molar refractivity (Wildman–Crippen MR) is 67.5 cm³/mol. The molecule has 0 aromatic heterocycles. The maximum Gasteiger partial charge on any atom is 0.0452 e. The van der Waals surface area contributed by atoms with Crippen LogP contribution in [0.2, 0.25) is 0 Å². The van der Waals surface area contributed by atoms with E-state index >= 15 is 0 Å². The molecule has 0 bridgehead atoms. The third kappa shape index (κ3) is 1.99. The van der Waals surface area contributed by atoms with E-state index in [1.54, 1.807) is 11.8 Å². The average molecular weight is 222 g/mol. The van der Waals surface area contributed by atoms with E-state index in [1.165, 1.54) is 23.3 Å². The van der Waals surface area contributed by atoms with Gasteiger partial charge in [0, 0.05) is 22.5 Å². The summed E-state index contributed by atoms with van der Waals surface area (Å²) in [6.45, 7) is 1.07. The molecule has 15 heavy (non-hydrogen) atoms. The summed E-state index contributed by atoms with van der Waals surface area (Å²) in [5, 5.41) is 3.28. The van der Waals surface area contributed by atoms with Crippen LogP contribution in [0.15, 0.2) is 23.1 Å². The fraction of sp³-hybridized carbons (Fsp3) is 0.500. The number of benzene rings is 1. The van der Waals surface area contributed by atoms with Gasteiger partial charge in [-0.25, -0.2) is 0 Å². The zero-order valence-electron chi connectivity index (χ0n) is 9.34. The molecular formula is C12H18N2S. The van der Waals surface area contributed by atoms with Crippen LogP contribution in [0, 0.1) is 0 Å². The van der Waals surface area contributed by atoms with Crippen LogP contribution in [0.1, 0.15) is 18.4 Å². The summed E-state index contributed by atoms with van der Waals surface area (Å²) < 4.78 is 0. The van der Waals surface area contributed by atoms with E-state index in [-0.39, 0.29) is 0 Å². The first-order valence-corrected chi connectivity index (χ1v) is 6.53. The van der Waals surface area contributed by atoms with E-state index < -0.39 is 0 Å². The van der Waals surface area contributed by atoms with E-state index in [9.17, 15) is 0 Å². The number of anilines is 1. The molecule has 2 nitrogen and oxygen atoms in total. The lowest BCUT2D eigenvalue weighted by molar-refractivity contribution is 0.623. The average Bonchev–Trinajstić information content (AvgIpc) is 3.00. The number of nitrogens with two attached hydrogens (primary N) is 1. The van der Waals surface area contributed by atoms with Gasteiger partial charge >= 0.3 is 0 Å². The molecule has 0 heterocycles. The second-order valence-electron chi connectivity index (χ2n) is 4.27. The molecule has 0 aliphatic heterocycles. The standard InChI is InChI=1S/C12H18N2S/c1-14-8-12(5-6-12)9-3-4-10(13)11(7-9)15-2/h3-4,7,14H,5-6,8,13H2,1-2H3. The summed E-state index contributed by atoms with van der Waals surface area (Å²) >= 11 is 1.73. The molecular weight excluding hydrogens is 204 g/mol. The SMILES string of the molecule is CNCC1(c2ccc(N)c(SC)c2)CC1. The van der Waals surface area contributed by atoms with E-state index in [4.69, 9.17) is 5.73 Å². The summed E-state index contributed by atoms with van der Waals surface area (Å²) in [6.07, 6.45) is 4.67. The summed E-state index contributed by atoms with van der Waals surface area (Å²) in [5.41, 5.74) is 8.63. The normalized spacial score (nSPS) is 17.7. The van der Waals surface area contributed by atoms with Crippen molar-refractivity contribution in [2.24, 2.45) is 0 Å². The van der Waals surface area contributed by atoms with Crippen LogP contribution in [0.5, 0.6) is 0 Å². The van der Waals surface area contributed by atoms with Gasteiger partial charge in [-0.05, 0) is 43.8 Å². The molecule has 0 radical (unpaired) electrons. The smallest absolute Gasteiger partial charge is 0.0452 e. The molecule has 0 saturated heterocycles. The van der Waals surface area contributed by atoms with Gasteiger partial charge in [-0.1, -0.05) is 6.07 Å². The summed E-state index contributed by atoms with van der Waals surface area (Å²) in [7, 11) is 2.02. The van der Waals surface area contributed by atoms with Crippen molar-refractivity contribution in [1.29, 1.82) is 0 Å². The van der Waals surface area contributed by atoms with Gasteiger partial charge in [0.25, 0.3) is 0 Å². The van der Waals surface area contributed by atoms with E-state index in [0.717, 1.165) is 12.2 Å². The van der Waals surface area contributed by atoms with Crippen LogP contribution in [-0.2, 0) is 5.41 Å². The molecule has 1 aliphatic rings. The van der Waals surface area contributed by atoms with Crippen molar-refractivity contribution in [2.75, 3.05) is 25.6 Å². The lowest BCUT2D eigenvalue weighted by atomic mass is 9.96. The highest BCUT2D eigenvalue weighted by atomic mass is 32.2. The number of hydrogen-bond donors (Lipinski definition) is 2. The van der Waals surface area contributed by atoms with Crippen molar-refractivity contribution in [3.63, 3.8) is 0 Å². The molecule has 1 aromatic carbocycles. The number of thioether (sulfide) groups is 1. The molecule has 1 aliphatic carbocycles. The summed E-state index contributed by atoms with van der Waals surface area (Å²) in [5.74, 6) is 0. The van der Waals surface area contributed by atoms with Crippen molar-refractivity contribution in [2.45, 2.75) is 23.2 Å². The van der Waals surface area contributed by atoms with Crippen LogP contribution in [0.4, 0.5) is 5.69 Å². The second kappa shape index (κ2) is 4.06. The summed E-state index contributed by atoms with van der Waals surface area (Å²) in [6, 6.07) is 6.47. The zero-order chi connectivity index (χ0) is 10.9. The van der Waals surface area contributed by atoms with Crippen LogP contribution in [0.3, 0.4) is 0 Å². The lowest BCUT2D eigenvalue weighted by Gasteiger charge is -2.16. The van der Waals surface area contributed by atoms with Crippen molar-refractivity contribution in [1.82, 2.24) is 5.32 Å². The first-order valence-electron chi connectivity index (χ1n) is 5.30. The van der Waals surface area contributed by atoms with E-state index in [2.05, 4.69) is 23.7 Å². The maximum absolute atomic E-state index is 5.90. The van der Waals surface area contributed by atoms with Crippen molar-refractivity contribution >= 4 is 17.4 Å². The van der Waals surface area contributed by atoms with Crippen LogP contribution in [-0.4, -0.2) is 19.8 Å². The number of hydrogen-bond acceptors (Lipinski definition) is 3. The molecule has 0 unspecified atom stereocenters. The molecule has 1 saturated carbocycles. The molecule has 0 amide bonds. The lowest BCUT2D eigenvalue weighted by Crippen LogP contribution is -2.23. The third-order valence-corrected chi connectivity index (χ3v) is 4.01. The van der Waals surface area contributed by atoms with Gasteiger partial charge in [-0.3, -0.25) is 0 Å². The first-order chi connectivity index (χ1) is 7.22. The Kier molecular flexibility index (Phi) is 2.94. The topological polar surface area (TPSA) is 38.0 Å². The monoisotopic (exact) mass is 222 g/mol. The highest BCUT2D eigenvalue weighted by Crippen LogP contribution is 2.48. The Hall–Kier alpha value is -0.670. The van der Waals surface area contributed by atoms with Crippen molar-refractivity contribution in [3.8, 4) is 0 Å². The van der Waals surface area contributed by atoms with Crippen LogP contribution < -0.4 is 11.1 Å². The van der Waals surface area contributed by atoms with Gasteiger partial charge in [-0.15, -0.1) is 11.8 Å². The molecule has 1 fully saturated rings. The predicted octanol–water partition coefficient (Wildman–Crippen LogP) is 2.24. The van der Waals surface area contributed by atoms with Crippen LogP contribution >= 0.6 is 11.8 Å². The minimum atomic E-state index is 0.396. The Labute approximate surface area is 95.6 Å². The van der Waals surface area contributed by atoms with Crippen molar-refractivity contribution < 1.29 is 0 Å². The number of nitrogen functional groups attached to an aromatic ring is 1. The zero-order valence-corrected chi connectivity index (χ0v) is 10.2. The quantitative estimate of drug-likeness (QED) is 0.606. The Morgan fingerprint density at radius 2 is 2.20 bits per heavy atom. The van der Waals surface area contributed by atoms with E-state index in [1.807, 2.05) is 13.1 Å². The molecule has 0 spiro atoms. The minimum absolute atomic E-state index is 0.396. The maximum atomic E-state index is 5.90. The molecule has 2 rings (SSSR count). The minimum Gasteiger partial charge on any atom is -0.398 e. The molecule has 3 N–H and O–H groups in total. The van der Waals surface area contributed by atoms with E-state index in [0.29, 0.717) is 5.41 Å². The number of rotatable bonds is 4. The highest BCUT2D eigenvalue weighted by molar-refractivity contribution is 7.98. The van der Waals surface area contributed by atoms with Gasteiger partial charge in [0.15, 0.2) is 0 Å². The fourth-order valence-electron chi connectivity index (χ4n) is 2.10. The largest absolute Gasteiger partial charge is 0.398 e. The third-order valence-electron chi connectivity index (χ3n) is 3.21. The van der Waals surface area contributed by atoms with Crippen LogP contribution in [0.25, 0.3) is 0 Å². The Balaban J connectivity index is 2.29.